The number of rotatable bonds is 13. The molecule has 1 aromatic rings. The smallest absolute Gasteiger partial charge is 0.408 e. The van der Waals surface area contributed by atoms with Gasteiger partial charge >= 0.3 is 6.09 Å². The zero-order valence-electron chi connectivity index (χ0n) is 21.6. The standard InChI is InChI=1S/C26H40N4O5/c1-7-9-12-15-28-23(32)22(19-14-11-10-13-18(19)3)30(16-8-2)24(33)20(17-21(27)31)29-25(34)35-26(4,5)6/h8,10-11,13-14,20,22H,2,7,9,12,15-17H2,1,3-6H3,(H2,27,31)(H,28,32)(H,29,34). The van der Waals surface area contributed by atoms with Crippen molar-refractivity contribution in [3.8, 4) is 0 Å². The molecule has 1 aromatic carbocycles. The van der Waals surface area contributed by atoms with Gasteiger partial charge in [0.2, 0.25) is 17.7 Å². The Labute approximate surface area is 208 Å². The van der Waals surface area contributed by atoms with Crippen LogP contribution in [0, 0.1) is 6.92 Å². The summed E-state index contributed by atoms with van der Waals surface area (Å²) in [5.41, 5.74) is 6.00. The first-order valence-corrected chi connectivity index (χ1v) is 11.9. The molecule has 4 amide bonds. The van der Waals surface area contributed by atoms with Crippen LogP contribution in [0.15, 0.2) is 36.9 Å². The SMILES string of the molecule is C=CCN(C(=O)C(CC(N)=O)NC(=O)OC(C)(C)C)C(C(=O)NCCCCC)c1ccccc1C. The predicted molar refractivity (Wildman–Crippen MR) is 135 cm³/mol. The highest BCUT2D eigenvalue weighted by molar-refractivity contribution is 5.94. The molecule has 0 saturated heterocycles. The van der Waals surface area contributed by atoms with Crippen LogP contribution in [0.2, 0.25) is 0 Å². The molecule has 0 aliphatic rings. The Morgan fingerprint density at radius 1 is 1.17 bits per heavy atom. The number of carbonyl (C=O) groups excluding carboxylic acids is 4. The molecule has 0 spiro atoms. The molecule has 2 atom stereocenters. The normalized spacial score (nSPS) is 12.7. The van der Waals surface area contributed by atoms with E-state index in [9.17, 15) is 19.2 Å². The number of aryl methyl sites for hydroxylation is 1. The average Bonchev–Trinajstić information content (AvgIpc) is 2.75. The van der Waals surface area contributed by atoms with Gasteiger partial charge in [-0.1, -0.05) is 50.1 Å². The van der Waals surface area contributed by atoms with Crippen molar-refractivity contribution in [3.63, 3.8) is 0 Å². The van der Waals surface area contributed by atoms with Gasteiger partial charge in [0.05, 0.1) is 6.42 Å². The molecule has 0 heterocycles. The Balaban J connectivity index is 3.38. The van der Waals surface area contributed by atoms with Crippen LogP contribution in [0.25, 0.3) is 0 Å². The quantitative estimate of drug-likeness (QED) is 0.290. The number of ether oxygens (including phenoxy) is 1. The molecule has 0 fully saturated rings. The second-order valence-corrected chi connectivity index (χ2v) is 9.41. The fourth-order valence-electron chi connectivity index (χ4n) is 3.54. The van der Waals surface area contributed by atoms with Crippen LogP contribution in [0.4, 0.5) is 4.79 Å². The molecular formula is C26H40N4O5. The zero-order chi connectivity index (χ0) is 26.6. The molecule has 0 radical (unpaired) electrons. The minimum atomic E-state index is -1.32. The summed E-state index contributed by atoms with van der Waals surface area (Å²) in [5.74, 6) is -1.79. The number of alkyl carbamates (subject to hydrolysis) is 1. The lowest BCUT2D eigenvalue weighted by atomic mass is 9.97. The molecule has 0 saturated carbocycles. The highest BCUT2D eigenvalue weighted by atomic mass is 16.6. The molecule has 9 nitrogen and oxygen atoms in total. The molecule has 0 bridgehead atoms. The second-order valence-electron chi connectivity index (χ2n) is 9.41. The van der Waals surface area contributed by atoms with E-state index in [1.165, 1.54) is 11.0 Å². The van der Waals surface area contributed by atoms with E-state index < -0.39 is 42.0 Å². The maximum Gasteiger partial charge on any atom is 0.408 e. The molecule has 194 valence electrons. The summed E-state index contributed by atoms with van der Waals surface area (Å²) >= 11 is 0. The second kappa shape index (κ2) is 14.1. The molecule has 35 heavy (non-hydrogen) atoms. The van der Waals surface area contributed by atoms with Crippen molar-refractivity contribution < 1.29 is 23.9 Å². The highest BCUT2D eigenvalue weighted by Crippen LogP contribution is 2.26. The molecule has 0 aliphatic carbocycles. The Hall–Kier alpha value is -3.36. The minimum absolute atomic E-state index is 0.00543. The van der Waals surface area contributed by atoms with Gasteiger partial charge in [0.1, 0.15) is 17.7 Å². The van der Waals surface area contributed by atoms with Gasteiger partial charge in [-0.15, -0.1) is 6.58 Å². The van der Waals surface area contributed by atoms with Crippen molar-refractivity contribution >= 4 is 23.8 Å². The van der Waals surface area contributed by atoms with Gasteiger partial charge < -0.3 is 26.0 Å². The number of nitrogens with one attached hydrogen (secondary N) is 2. The van der Waals surface area contributed by atoms with Crippen LogP contribution >= 0.6 is 0 Å². The number of nitrogens with two attached hydrogens (primary N) is 1. The van der Waals surface area contributed by atoms with Crippen molar-refractivity contribution in [3.05, 3.63) is 48.0 Å². The topological polar surface area (TPSA) is 131 Å². The number of carbonyl (C=O) groups is 4. The third-order valence-electron chi connectivity index (χ3n) is 5.13. The van der Waals surface area contributed by atoms with E-state index in [-0.39, 0.29) is 12.5 Å². The van der Waals surface area contributed by atoms with Crippen molar-refractivity contribution in [1.29, 1.82) is 0 Å². The predicted octanol–water partition coefficient (Wildman–Crippen LogP) is 3.13. The summed E-state index contributed by atoms with van der Waals surface area (Å²) in [6.45, 7) is 13.2. The number of unbranched alkanes of at least 4 members (excludes halogenated alkanes) is 2. The molecular weight excluding hydrogens is 448 g/mol. The Bertz CT molecular complexity index is 894. The molecule has 4 N–H and O–H groups in total. The Morgan fingerprint density at radius 2 is 1.83 bits per heavy atom. The summed E-state index contributed by atoms with van der Waals surface area (Å²) in [6.07, 6.45) is 2.94. The maximum absolute atomic E-state index is 13.7. The Kier molecular flexibility index (Phi) is 12.0. The van der Waals surface area contributed by atoms with Crippen LogP contribution < -0.4 is 16.4 Å². The fourth-order valence-corrected chi connectivity index (χ4v) is 3.54. The Morgan fingerprint density at radius 3 is 2.37 bits per heavy atom. The van der Waals surface area contributed by atoms with Gasteiger partial charge in [-0.05, 0) is 45.2 Å². The monoisotopic (exact) mass is 488 g/mol. The van der Waals surface area contributed by atoms with E-state index >= 15 is 0 Å². The van der Waals surface area contributed by atoms with E-state index in [1.807, 2.05) is 19.1 Å². The third-order valence-corrected chi connectivity index (χ3v) is 5.13. The van der Waals surface area contributed by atoms with Gasteiger partial charge in [0, 0.05) is 13.1 Å². The molecule has 0 aromatic heterocycles. The summed E-state index contributed by atoms with van der Waals surface area (Å²) in [6, 6.07) is 4.94. The van der Waals surface area contributed by atoms with Crippen molar-refractivity contribution in [1.82, 2.24) is 15.5 Å². The van der Waals surface area contributed by atoms with Gasteiger partial charge in [-0.2, -0.15) is 0 Å². The lowest BCUT2D eigenvalue weighted by molar-refractivity contribution is -0.142. The van der Waals surface area contributed by atoms with Gasteiger partial charge in [-0.3, -0.25) is 14.4 Å². The number of hydrogen-bond donors (Lipinski definition) is 3. The highest BCUT2D eigenvalue weighted by Gasteiger charge is 2.36. The first-order chi connectivity index (χ1) is 16.4. The largest absolute Gasteiger partial charge is 0.444 e. The molecule has 0 aliphatic heterocycles. The van der Waals surface area contributed by atoms with Crippen molar-refractivity contribution in [2.75, 3.05) is 13.1 Å². The van der Waals surface area contributed by atoms with E-state index in [4.69, 9.17) is 10.5 Å². The number of benzene rings is 1. The first-order valence-electron chi connectivity index (χ1n) is 11.9. The van der Waals surface area contributed by atoms with Crippen molar-refractivity contribution in [2.45, 2.75) is 78.0 Å². The summed E-state index contributed by atoms with van der Waals surface area (Å²) in [5, 5.41) is 5.36. The minimum Gasteiger partial charge on any atom is -0.444 e. The third kappa shape index (κ3) is 10.2. The van der Waals surface area contributed by atoms with Crippen LogP contribution in [0.3, 0.4) is 0 Å². The first kappa shape index (κ1) is 29.7. The van der Waals surface area contributed by atoms with Crippen LogP contribution in [-0.4, -0.2) is 53.4 Å². The van der Waals surface area contributed by atoms with E-state index in [0.29, 0.717) is 12.1 Å². The average molecular weight is 489 g/mol. The van der Waals surface area contributed by atoms with Crippen LogP contribution in [0.5, 0.6) is 0 Å². The molecule has 2 unspecified atom stereocenters. The maximum atomic E-state index is 13.7. The summed E-state index contributed by atoms with van der Waals surface area (Å²) < 4.78 is 5.26. The fraction of sp³-hybridized carbons (Fsp3) is 0.538. The number of primary amides is 1. The lowest BCUT2D eigenvalue weighted by Gasteiger charge is -2.34. The number of hydrogen-bond acceptors (Lipinski definition) is 5. The zero-order valence-corrected chi connectivity index (χ0v) is 21.6. The lowest BCUT2D eigenvalue weighted by Crippen LogP contribution is -2.54. The van der Waals surface area contributed by atoms with Crippen molar-refractivity contribution in [2.24, 2.45) is 5.73 Å². The van der Waals surface area contributed by atoms with Crippen LogP contribution in [0.1, 0.15) is 70.5 Å². The van der Waals surface area contributed by atoms with E-state index in [2.05, 4.69) is 24.1 Å². The van der Waals surface area contributed by atoms with Crippen LogP contribution in [-0.2, 0) is 19.1 Å². The molecule has 9 heteroatoms. The molecule has 1 rings (SSSR count). The summed E-state index contributed by atoms with van der Waals surface area (Å²) in [7, 11) is 0. The number of amides is 4. The summed E-state index contributed by atoms with van der Waals surface area (Å²) in [4.78, 5) is 52.6. The number of nitrogens with zero attached hydrogens (tertiary/aromatic N) is 1. The van der Waals surface area contributed by atoms with Gasteiger partial charge in [0.25, 0.3) is 0 Å². The van der Waals surface area contributed by atoms with E-state index in [1.54, 1.807) is 32.9 Å². The van der Waals surface area contributed by atoms with Gasteiger partial charge in [0.15, 0.2) is 0 Å². The van der Waals surface area contributed by atoms with Gasteiger partial charge in [-0.25, -0.2) is 4.79 Å². The van der Waals surface area contributed by atoms with E-state index in [0.717, 1.165) is 24.8 Å².